The van der Waals surface area contributed by atoms with Gasteiger partial charge >= 0.3 is 14.6 Å². The Bertz CT molecular complexity index is 105. The molecule has 8 heavy (non-hydrogen) atoms. The van der Waals surface area contributed by atoms with E-state index in [-0.39, 0.29) is 6.54 Å². The molecular weight excluding hydrogens is 129 g/mol. The van der Waals surface area contributed by atoms with Gasteiger partial charge in [-0.05, 0) is 0 Å². The van der Waals surface area contributed by atoms with Crippen molar-refractivity contribution in [3.05, 3.63) is 0 Å². The van der Waals surface area contributed by atoms with E-state index in [4.69, 9.17) is 5.11 Å². The smallest absolute Gasteiger partial charge is 0.421 e. The number of carboxylic acid groups (broad SMARTS) is 1. The topological polar surface area (TPSA) is 57.6 Å². The Kier molecular flexibility index (Phi) is 3.31. The van der Waals surface area contributed by atoms with Crippen LogP contribution in [0.1, 0.15) is 0 Å². The van der Waals surface area contributed by atoms with Crippen LogP contribution in [0.25, 0.3) is 0 Å². The average Bonchev–Trinajstić information content (AvgIpc) is 1.65. The van der Waals surface area contributed by atoms with Gasteiger partial charge in [-0.3, -0.25) is 4.79 Å². The molecule has 0 aromatic rings. The normalized spacial score (nSPS) is 10.2. The standard InChI is InChI=1S/C3H6NO3P/c1-4(8-7)2-3(5)6/h2H2,1H3,(H,5,6)/p+1. The van der Waals surface area contributed by atoms with Gasteiger partial charge in [0.1, 0.15) is 6.54 Å². The van der Waals surface area contributed by atoms with Gasteiger partial charge in [-0.15, -0.1) is 0 Å². The highest BCUT2D eigenvalue weighted by Gasteiger charge is 2.07. The second kappa shape index (κ2) is 3.52. The molecule has 0 aromatic heterocycles. The number of aliphatic carboxylic acids is 1. The maximum atomic E-state index is 9.86. The maximum Gasteiger partial charge on any atom is 0.421 e. The van der Waals surface area contributed by atoms with Crippen LogP contribution in [0.4, 0.5) is 0 Å². The van der Waals surface area contributed by atoms with Crippen molar-refractivity contribution < 1.29 is 14.5 Å². The van der Waals surface area contributed by atoms with Crippen molar-refractivity contribution in [3.63, 3.8) is 0 Å². The molecule has 1 atom stereocenters. The molecular formula is C3H7NO3P+. The largest absolute Gasteiger partial charge is 0.480 e. The van der Waals surface area contributed by atoms with Crippen LogP contribution in [0.3, 0.4) is 0 Å². The fraction of sp³-hybridized carbons (Fsp3) is 0.667. The van der Waals surface area contributed by atoms with Gasteiger partial charge in [0.25, 0.3) is 0 Å². The molecule has 0 saturated carbocycles. The molecule has 0 aliphatic rings. The van der Waals surface area contributed by atoms with Gasteiger partial charge in [0.15, 0.2) is 0 Å². The van der Waals surface area contributed by atoms with Gasteiger partial charge in [0.2, 0.25) is 0 Å². The molecule has 0 amide bonds. The number of nitrogens with zero attached hydrogens (tertiary/aromatic N) is 1. The number of likely N-dealkylation sites (N-methyl/N-ethyl adjacent to an activating group) is 1. The lowest BCUT2D eigenvalue weighted by Gasteiger charge is -1.90. The number of carbonyl (C=O) groups is 1. The molecule has 1 unspecified atom stereocenters. The highest BCUT2D eigenvalue weighted by atomic mass is 31.1. The predicted octanol–water partition coefficient (Wildman–Crippen LogP) is -0.0582. The number of hydrogen-bond acceptors (Lipinski definition) is 2. The fourth-order valence-corrected chi connectivity index (χ4v) is 0.435. The first kappa shape index (κ1) is 7.53. The monoisotopic (exact) mass is 136 g/mol. The quantitative estimate of drug-likeness (QED) is 0.552. The van der Waals surface area contributed by atoms with Crippen molar-refractivity contribution in [1.29, 1.82) is 0 Å². The molecule has 0 radical (unpaired) electrons. The van der Waals surface area contributed by atoms with Gasteiger partial charge in [-0.2, -0.15) is 0 Å². The second-order valence-electron chi connectivity index (χ2n) is 1.34. The summed E-state index contributed by atoms with van der Waals surface area (Å²) in [5.41, 5.74) is 0. The van der Waals surface area contributed by atoms with E-state index in [1.54, 1.807) is 0 Å². The van der Waals surface area contributed by atoms with Crippen molar-refractivity contribution in [2.24, 2.45) is 0 Å². The van der Waals surface area contributed by atoms with E-state index in [2.05, 4.69) is 0 Å². The van der Waals surface area contributed by atoms with E-state index in [1.165, 1.54) is 11.7 Å². The first-order valence-corrected chi connectivity index (χ1v) is 2.83. The summed E-state index contributed by atoms with van der Waals surface area (Å²) in [6.07, 6.45) is 0. The first-order valence-electron chi connectivity index (χ1n) is 1.97. The van der Waals surface area contributed by atoms with Crippen LogP contribution in [-0.4, -0.2) is 29.3 Å². The summed E-state index contributed by atoms with van der Waals surface area (Å²) in [5, 5.41) is 8.04. The molecule has 0 bridgehead atoms. The SMILES string of the molecule is CN(CC(=O)O)[PH+]=O. The van der Waals surface area contributed by atoms with Gasteiger partial charge < -0.3 is 5.11 Å². The molecule has 4 nitrogen and oxygen atoms in total. The lowest BCUT2D eigenvalue weighted by Crippen LogP contribution is -2.15. The zero-order valence-electron chi connectivity index (χ0n) is 4.42. The number of rotatable bonds is 3. The Morgan fingerprint density at radius 1 is 1.88 bits per heavy atom. The zero-order chi connectivity index (χ0) is 6.57. The summed E-state index contributed by atoms with van der Waals surface area (Å²) in [5.74, 6) is -0.962. The van der Waals surface area contributed by atoms with Crippen LogP contribution in [0.5, 0.6) is 0 Å². The molecule has 5 heteroatoms. The van der Waals surface area contributed by atoms with Crippen molar-refractivity contribution in [1.82, 2.24) is 4.67 Å². The van der Waals surface area contributed by atoms with Crippen molar-refractivity contribution in [3.8, 4) is 0 Å². The maximum absolute atomic E-state index is 9.86. The van der Waals surface area contributed by atoms with Crippen LogP contribution in [-0.2, 0) is 9.36 Å². The van der Waals surface area contributed by atoms with E-state index < -0.39 is 14.6 Å². The molecule has 0 spiro atoms. The Morgan fingerprint density at radius 3 is 2.50 bits per heavy atom. The minimum atomic E-state index is -0.962. The van der Waals surface area contributed by atoms with Gasteiger partial charge in [0, 0.05) is 7.05 Å². The molecule has 0 aliphatic heterocycles. The van der Waals surface area contributed by atoms with Crippen LogP contribution in [0, 0.1) is 0 Å². The Morgan fingerprint density at radius 2 is 2.38 bits per heavy atom. The van der Waals surface area contributed by atoms with Crippen LogP contribution >= 0.6 is 8.61 Å². The molecule has 0 rings (SSSR count). The Labute approximate surface area is 48.4 Å². The fourth-order valence-electron chi connectivity index (χ4n) is 0.235. The number of hydrogen-bond donors (Lipinski definition) is 1. The Balaban J connectivity index is 3.38. The minimum absolute atomic E-state index is 0.165. The second-order valence-corrected chi connectivity index (χ2v) is 2.29. The van der Waals surface area contributed by atoms with E-state index in [1.807, 2.05) is 0 Å². The lowest BCUT2D eigenvalue weighted by molar-refractivity contribution is -0.136. The van der Waals surface area contributed by atoms with E-state index in [9.17, 15) is 9.36 Å². The molecule has 0 saturated heterocycles. The predicted molar refractivity (Wildman–Crippen MR) is 29.3 cm³/mol. The zero-order valence-corrected chi connectivity index (χ0v) is 5.42. The average molecular weight is 136 g/mol. The summed E-state index contributed by atoms with van der Waals surface area (Å²) in [4.78, 5) is 9.79. The molecule has 0 aromatic carbocycles. The summed E-state index contributed by atoms with van der Waals surface area (Å²) >= 11 is 0. The van der Waals surface area contributed by atoms with Gasteiger partial charge in [-0.25, -0.2) is 0 Å². The molecule has 0 heterocycles. The summed E-state index contributed by atoms with van der Waals surface area (Å²) < 4.78 is 11.1. The third-order valence-corrected chi connectivity index (χ3v) is 0.998. The van der Waals surface area contributed by atoms with E-state index in [0.29, 0.717) is 0 Å². The number of carboxylic acids is 1. The van der Waals surface area contributed by atoms with Crippen LogP contribution < -0.4 is 0 Å². The summed E-state index contributed by atoms with van der Waals surface area (Å²) in [7, 11) is 0.799. The summed E-state index contributed by atoms with van der Waals surface area (Å²) in [6.45, 7) is -0.165. The Hall–Kier alpha value is -0.470. The van der Waals surface area contributed by atoms with Crippen molar-refractivity contribution in [2.45, 2.75) is 0 Å². The third-order valence-electron chi connectivity index (χ3n) is 0.528. The molecule has 46 valence electrons. The van der Waals surface area contributed by atoms with Crippen molar-refractivity contribution in [2.75, 3.05) is 13.6 Å². The van der Waals surface area contributed by atoms with Gasteiger partial charge in [0.05, 0.1) is 0 Å². The third kappa shape index (κ3) is 3.71. The summed E-state index contributed by atoms with van der Waals surface area (Å²) in [6, 6.07) is 0. The lowest BCUT2D eigenvalue weighted by atomic mass is 10.7. The van der Waals surface area contributed by atoms with Crippen molar-refractivity contribution >= 4 is 14.6 Å². The molecule has 1 N–H and O–H groups in total. The van der Waals surface area contributed by atoms with E-state index >= 15 is 0 Å². The van der Waals surface area contributed by atoms with Crippen LogP contribution in [0.2, 0.25) is 0 Å². The highest BCUT2D eigenvalue weighted by molar-refractivity contribution is 7.20. The van der Waals surface area contributed by atoms with Gasteiger partial charge in [-0.1, -0.05) is 9.24 Å². The highest BCUT2D eigenvalue weighted by Crippen LogP contribution is 1.96. The van der Waals surface area contributed by atoms with E-state index in [0.717, 1.165) is 0 Å². The molecule has 0 aliphatic carbocycles. The minimum Gasteiger partial charge on any atom is -0.480 e. The van der Waals surface area contributed by atoms with Crippen LogP contribution in [0.15, 0.2) is 0 Å². The first-order chi connectivity index (χ1) is 3.66. The molecule has 0 fully saturated rings.